The summed E-state index contributed by atoms with van der Waals surface area (Å²) in [5, 5.41) is 26.3. The van der Waals surface area contributed by atoms with E-state index in [2.05, 4.69) is 13.8 Å². The first-order chi connectivity index (χ1) is 19.6. The zero-order valence-corrected chi connectivity index (χ0v) is 27.2. The zero-order chi connectivity index (χ0) is 29.8. The number of esters is 1. The average molecular weight is 573 g/mol. The molecular weight excluding hydrogens is 500 g/mol. The molecule has 0 aromatic carbocycles. The van der Waals surface area contributed by atoms with E-state index in [0.29, 0.717) is 13.0 Å². The van der Waals surface area contributed by atoms with Gasteiger partial charge < -0.3 is 20.1 Å². The van der Waals surface area contributed by atoms with E-state index in [-0.39, 0.29) is 19.2 Å². The fourth-order valence-corrected chi connectivity index (χ4v) is 4.91. The van der Waals surface area contributed by atoms with Crippen LogP contribution in [0.5, 0.6) is 0 Å². The minimum absolute atomic E-state index is 0.103. The summed E-state index contributed by atoms with van der Waals surface area (Å²) in [5.74, 6) is -0.276. The van der Waals surface area contributed by atoms with Crippen molar-refractivity contribution in [2.45, 2.75) is 200 Å². The maximum Gasteiger partial charge on any atom is 0.305 e. The second-order valence-corrected chi connectivity index (χ2v) is 11.8. The Morgan fingerprint density at radius 1 is 0.500 bits per heavy atom. The van der Waals surface area contributed by atoms with Crippen molar-refractivity contribution in [2.24, 2.45) is 0 Å². The Hall–Kier alpha value is -0.650. The first kappa shape index (κ1) is 41.5. The van der Waals surface area contributed by atoms with E-state index in [4.69, 9.17) is 20.1 Å². The molecule has 0 bridgehead atoms. The normalized spacial score (nSPS) is 11.7. The van der Waals surface area contributed by atoms with Gasteiger partial charge in [-0.15, -0.1) is 0 Å². The molecule has 5 heteroatoms. The van der Waals surface area contributed by atoms with Crippen molar-refractivity contribution in [2.75, 3.05) is 19.8 Å². The van der Waals surface area contributed by atoms with E-state index >= 15 is 0 Å². The van der Waals surface area contributed by atoms with Crippen LogP contribution in [0.4, 0.5) is 0 Å². The van der Waals surface area contributed by atoms with Crippen LogP contribution in [-0.2, 0) is 9.53 Å². The van der Waals surface area contributed by atoms with Crippen LogP contribution >= 0.6 is 0 Å². The highest BCUT2D eigenvalue weighted by Gasteiger charge is 2.07. The highest BCUT2D eigenvalue weighted by molar-refractivity contribution is 5.69. The minimum Gasteiger partial charge on any atom is -0.463 e. The van der Waals surface area contributed by atoms with E-state index in [0.717, 1.165) is 19.3 Å². The summed E-state index contributed by atoms with van der Waals surface area (Å²) in [6.07, 6.45) is 35.3. The minimum atomic E-state index is -0.954. The molecule has 0 saturated heterocycles. The summed E-state index contributed by atoms with van der Waals surface area (Å²) in [6.45, 7) is 4.44. The highest BCUT2D eigenvalue weighted by Crippen LogP contribution is 2.14. The van der Waals surface area contributed by atoms with E-state index in [9.17, 15) is 4.79 Å². The van der Waals surface area contributed by atoms with Gasteiger partial charge in [-0.05, 0) is 12.8 Å². The number of unbranched alkanes of at least 4 members (excludes halogenated alkanes) is 25. The first-order valence-corrected chi connectivity index (χ1v) is 17.7. The lowest BCUT2D eigenvalue weighted by molar-refractivity contribution is -0.147. The molecule has 0 rings (SSSR count). The molecule has 1 unspecified atom stereocenters. The molecule has 0 heterocycles. The van der Waals surface area contributed by atoms with Gasteiger partial charge in [0.15, 0.2) is 0 Å². The summed E-state index contributed by atoms with van der Waals surface area (Å²) in [7, 11) is 0. The van der Waals surface area contributed by atoms with Gasteiger partial charge in [0.05, 0.1) is 6.61 Å². The number of rotatable bonds is 31. The number of ether oxygens (including phenoxy) is 1. The van der Waals surface area contributed by atoms with Crippen LogP contribution < -0.4 is 0 Å². The van der Waals surface area contributed by atoms with Crippen molar-refractivity contribution in [3.05, 3.63) is 0 Å². The molecule has 0 aromatic heterocycles. The van der Waals surface area contributed by atoms with Gasteiger partial charge in [0.2, 0.25) is 0 Å². The molecule has 0 aliphatic rings. The molecule has 242 valence electrons. The monoisotopic (exact) mass is 573 g/mol. The van der Waals surface area contributed by atoms with Crippen LogP contribution in [0.2, 0.25) is 0 Å². The number of aliphatic hydroxyl groups excluding tert-OH is 3. The van der Waals surface area contributed by atoms with Crippen LogP contribution in [-0.4, -0.2) is 47.2 Å². The molecule has 0 aliphatic heterocycles. The fraction of sp³-hybridized carbons (Fsp3) is 0.971. The molecule has 0 amide bonds. The third kappa shape index (κ3) is 39.5. The zero-order valence-electron chi connectivity index (χ0n) is 27.2. The van der Waals surface area contributed by atoms with Crippen LogP contribution in [0, 0.1) is 0 Å². The summed E-state index contributed by atoms with van der Waals surface area (Å²) in [5.41, 5.74) is 0. The quantitative estimate of drug-likeness (QED) is 0.0568. The molecule has 3 N–H and O–H groups in total. The number of carbonyl (C=O) groups is 1. The standard InChI is InChI=1S/C21H42O4.C14H30O/c1-2-3-4-5-6-7-8-9-10-11-12-13-14-15-16-17-21(24)25-19-20(23)18-22;1-2-3-4-5-6-7-8-9-10-11-12-13-14-15/h20,22-23H,2-19H2,1H3;15H,2-14H2,1H3. The van der Waals surface area contributed by atoms with Crippen molar-refractivity contribution in [1.29, 1.82) is 0 Å². The van der Waals surface area contributed by atoms with Crippen LogP contribution in [0.1, 0.15) is 194 Å². The van der Waals surface area contributed by atoms with Gasteiger partial charge in [0.25, 0.3) is 0 Å². The molecule has 0 aromatic rings. The first-order valence-electron chi connectivity index (χ1n) is 17.7. The van der Waals surface area contributed by atoms with Gasteiger partial charge >= 0.3 is 5.97 Å². The predicted octanol–water partition coefficient (Wildman–Crippen LogP) is 9.82. The maximum absolute atomic E-state index is 11.4. The van der Waals surface area contributed by atoms with Crippen LogP contribution in [0.3, 0.4) is 0 Å². The second-order valence-electron chi connectivity index (χ2n) is 11.8. The van der Waals surface area contributed by atoms with E-state index in [1.165, 1.54) is 154 Å². The lowest BCUT2D eigenvalue weighted by Crippen LogP contribution is -2.21. The Morgan fingerprint density at radius 3 is 1.10 bits per heavy atom. The molecule has 0 spiro atoms. The predicted molar refractivity (Wildman–Crippen MR) is 172 cm³/mol. The van der Waals surface area contributed by atoms with Crippen molar-refractivity contribution in [3.8, 4) is 0 Å². The molecule has 0 radical (unpaired) electrons. The Bertz CT molecular complexity index is 445. The number of aliphatic hydroxyl groups is 3. The summed E-state index contributed by atoms with van der Waals surface area (Å²) in [6, 6.07) is 0. The summed E-state index contributed by atoms with van der Waals surface area (Å²) < 4.78 is 4.86. The third-order valence-corrected chi connectivity index (χ3v) is 7.64. The molecular formula is C35H72O5. The van der Waals surface area contributed by atoms with E-state index in [1.54, 1.807) is 0 Å². The topological polar surface area (TPSA) is 87.0 Å². The van der Waals surface area contributed by atoms with Crippen molar-refractivity contribution in [1.82, 2.24) is 0 Å². The fourth-order valence-electron chi connectivity index (χ4n) is 4.91. The third-order valence-electron chi connectivity index (χ3n) is 7.64. The van der Waals surface area contributed by atoms with Gasteiger partial charge in [0, 0.05) is 13.0 Å². The molecule has 5 nitrogen and oxygen atoms in total. The molecule has 0 fully saturated rings. The van der Waals surface area contributed by atoms with Gasteiger partial charge in [-0.3, -0.25) is 4.79 Å². The number of hydrogen-bond acceptors (Lipinski definition) is 5. The van der Waals surface area contributed by atoms with E-state index in [1.807, 2.05) is 0 Å². The second kappa shape index (κ2) is 38.4. The van der Waals surface area contributed by atoms with Gasteiger partial charge in [-0.25, -0.2) is 0 Å². The van der Waals surface area contributed by atoms with Crippen LogP contribution in [0.25, 0.3) is 0 Å². The highest BCUT2D eigenvalue weighted by atomic mass is 16.5. The van der Waals surface area contributed by atoms with E-state index < -0.39 is 6.10 Å². The SMILES string of the molecule is CCCCCCCCCCCCCCCCCC(=O)OCC(O)CO.CCCCCCCCCCCCCCO. The lowest BCUT2D eigenvalue weighted by Gasteiger charge is -2.08. The van der Waals surface area contributed by atoms with Crippen LogP contribution in [0.15, 0.2) is 0 Å². The number of carbonyl (C=O) groups excluding carboxylic acids is 1. The van der Waals surface area contributed by atoms with Gasteiger partial charge in [-0.2, -0.15) is 0 Å². The lowest BCUT2D eigenvalue weighted by atomic mass is 10.0. The molecule has 1 atom stereocenters. The summed E-state index contributed by atoms with van der Waals surface area (Å²) >= 11 is 0. The van der Waals surface area contributed by atoms with Crippen molar-refractivity contribution in [3.63, 3.8) is 0 Å². The number of hydrogen-bond donors (Lipinski definition) is 3. The van der Waals surface area contributed by atoms with Gasteiger partial charge in [0.1, 0.15) is 12.7 Å². The Kier molecular flexibility index (Phi) is 39.8. The Morgan fingerprint density at radius 2 is 0.800 bits per heavy atom. The maximum atomic E-state index is 11.4. The van der Waals surface area contributed by atoms with Gasteiger partial charge in [-0.1, -0.05) is 174 Å². The summed E-state index contributed by atoms with van der Waals surface area (Å²) in [4.78, 5) is 11.4. The van der Waals surface area contributed by atoms with Crippen molar-refractivity contribution < 1.29 is 24.9 Å². The van der Waals surface area contributed by atoms with Crippen molar-refractivity contribution >= 4 is 5.97 Å². The Balaban J connectivity index is 0. The largest absolute Gasteiger partial charge is 0.463 e. The molecule has 0 saturated carbocycles. The molecule has 40 heavy (non-hydrogen) atoms. The molecule has 0 aliphatic carbocycles. The Labute approximate surface area is 250 Å². The average Bonchev–Trinajstić information content (AvgIpc) is 2.97. The smallest absolute Gasteiger partial charge is 0.305 e.